The molecular weight excluding hydrogens is 331 g/mol. The average molecular weight is 351 g/mol. The summed E-state index contributed by atoms with van der Waals surface area (Å²) in [4.78, 5) is 0.0804. The van der Waals surface area contributed by atoms with E-state index in [9.17, 15) is 8.42 Å². The molecule has 1 saturated carbocycles. The van der Waals surface area contributed by atoms with Gasteiger partial charge in [-0.2, -0.15) is 0 Å². The predicted molar refractivity (Wildman–Crippen MR) is 86.4 cm³/mol. The zero-order chi connectivity index (χ0) is 15.8. The third-order valence-corrected chi connectivity index (χ3v) is 6.78. The lowest BCUT2D eigenvalue weighted by molar-refractivity contribution is 0.452. The fourth-order valence-electron chi connectivity index (χ4n) is 2.87. The Balaban J connectivity index is 2.41. The largest absolute Gasteiger partial charge is 0.330 e. The summed E-state index contributed by atoms with van der Waals surface area (Å²) < 4.78 is 28.2. The minimum absolute atomic E-state index is 0.0804. The van der Waals surface area contributed by atoms with E-state index in [-0.39, 0.29) is 21.9 Å². The van der Waals surface area contributed by atoms with E-state index in [0.717, 1.165) is 19.3 Å². The number of hydrogen-bond acceptors (Lipinski definition) is 3. The van der Waals surface area contributed by atoms with Crippen molar-refractivity contribution in [2.24, 2.45) is 11.7 Å². The van der Waals surface area contributed by atoms with Crippen molar-refractivity contribution in [3.05, 3.63) is 27.2 Å². The molecule has 0 amide bonds. The molecule has 0 heterocycles. The molecule has 1 aliphatic rings. The SMILES string of the molecule is Cc1cc(Cl)c(C)c(S(=O)(=O)NC2CCCC2CN)c1Cl. The normalized spacial score (nSPS) is 22.7. The van der Waals surface area contributed by atoms with Crippen LogP contribution in [0.5, 0.6) is 0 Å². The van der Waals surface area contributed by atoms with Crippen molar-refractivity contribution in [3.63, 3.8) is 0 Å². The summed E-state index contributed by atoms with van der Waals surface area (Å²) in [6.45, 7) is 3.89. The molecule has 2 atom stereocenters. The molecule has 1 aromatic rings. The zero-order valence-electron chi connectivity index (χ0n) is 12.1. The quantitative estimate of drug-likeness (QED) is 0.876. The van der Waals surface area contributed by atoms with Gasteiger partial charge < -0.3 is 5.73 Å². The van der Waals surface area contributed by atoms with Crippen LogP contribution in [0.4, 0.5) is 0 Å². The standard InChI is InChI=1S/C14H20Cl2N2O2S/c1-8-6-11(15)9(2)14(13(8)16)21(19,20)18-12-5-3-4-10(12)7-17/h6,10,12,18H,3-5,7,17H2,1-2H3. The lowest BCUT2D eigenvalue weighted by Gasteiger charge is -2.21. The molecule has 0 saturated heterocycles. The van der Waals surface area contributed by atoms with Crippen LogP contribution in [0.3, 0.4) is 0 Å². The van der Waals surface area contributed by atoms with Gasteiger partial charge in [0.1, 0.15) is 4.90 Å². The third kappa shape index (κ3) is 3.37. The lowest BCUT2D eigenvalue weighted by atomic mass is 10.1. The van der Waals surface area contributed by atoms with E-state index in [1.54, 1.807) is 19.9 Å². The highest BCUT2D eigenvalue weighted by Gasteiger charge is 2.32. The van der Waals surface area contributed by atoms with E-state index in [4.69, 9.17) is 28.9 Å². The first-order chi connectivity index (χ1) is 9.77. The molecule has 0 aliphatic heterocycles. The fraction of sp³-hybridized carbons (Fsp3) is 0.571. The Morgan fingerprint density at radius 3 is 2.62 bits per heavy atom. The minimum atomic E-state index is -3.71. The number of hydrogen-bond donors (Lipinski definition) is 2. The zero-order valence-corrected chi connectivity index (χ0v) is 14.4. The Hall–Kier alpha value is -0.330. The topological polar surface area (TPSA) is 72.2 Å². The number of rotatable bonds is 4. The van der Waals surface area contributed by atoms with Crippen molar-refractivity contribution in [2.45, 2.75) is 44.0 Å². The Morgan fingerprint density at radius 1 is 1.33 bits per heavy atom. The summed E-state index contributed by atoms with van der Waals surface area (Å²) in [7, 11) is -3.71. The second kappa shape index (κ2) is 6.42. The minimum Gasteiger partial charge on any atom is -0.330 e. The number of nitrogens with two attached hydrogens (primary N) is 1. The van der Waals surface area contributed by atoms with Crippen LogP contribution in [0.1, 0.15) is 30.4 Å². The van der Waals surface area contributed by atoms with Crippen LogP contribution in [0.25, 0.3) is 0 Å². The van der Waals surface area contributed by atoms with Gasteiger partial charge in [-0.3, -0.25) is 0 Å². The highest BCUT2D eigenvalue weighted by Crippen LogP contribution is 2.34. The molecule has 3 N–H and O–H groups in total. The maximum absolute atomic E-state index is 12.7. The van der Waals surface area contributed by atoms with E-state index < -0.39 is 10.0 Å². The summed E-state index contributed by atoms with van der Waals surface area (Å²) in [5.41, 5.74) is 6.83. The molecular formula is C14H20Cl2N2O2S. The van der Waals surface area contributed by atoms with Gasteiger partial charge >= 0.3 is 0 Å². The second-order valence-electron chi connectivity index (χ2n) is 5.60. The van der Waals surface area contributed by atoms with E-state index in [2.05, 4.69) is 4.72 Å². The number of nitrogens with one attached hydrogen (secondary N) is 1. The van der Waals surface area contributed by atoms with Gasteiger partial charge in [0.2, 0.25) is 10.0 Å². The molecule has 0 radical (unpaired) electrons. The summed E-state index contributed by atoms with van der Waals surface area (Å²) in [5.74, 6) is 0.180. The van der Waals surface area contributed by atoms with Gasteiger partial charge in [0.05, 0.1) is 5.02 Å². The lowest BCUT2D eigenvalue weighted by Crippen LogP contribution is -2.40. The molecule has 2 unspecified atom stereocenters. The van der Waals surface area contributed by atoms with Crippen LogP contribution in [-0.2, 0) is 10.0 Å². The molecule has 2 rings (SSSR count). The van der Waals surface area contributed by atoms with Gasteiger partial charge in [0, 0.05) is 11.1 Å². The molecule has 0 aromatic heterocycles. The van der Waals surface area contributed by atoms with Crippen LogP contribution in [-0.4, -0.2) is 21.0 Å². The number of benzene rings is 1. The summed E-state index contributed by atoms with van der Waals surface area (Å²) in [6, 6.07) is 1.55. The van der Waals surface area contributed by atoms with E-state index in [1.807, 2.05) is 0 Å². The van der Waals surface area contributed by atoms with Crippen LogP contribution < -0.4 is 10.5 Å². The van der Waals surface area contributed by atoms with Crippen LogP contribution in [0.2, 0.25) is 10.0 Å². The Kier molecular flexibility index (Phi) is 5.21. The highest BCUT2D eigenvalue weighted by molar-refractivity contribution is 7.89. The van der Waals surface area contributed by atoms with E-state index in [1.165, 1.54) is 0 Å². The Morgan fingerprint density at radius 2 is 2.00 bits per heavy atom. The molecule has 1 aromatic carbocycles. The van der Waals surface area contributed by atoms with Crippen molar-refractivity contribution in [2.75, 3.05) is 6.54 Å². The average Bonchev–Trinajstić information content (AvgIpc) is 2.82. The van der Waals surface area contributed by atoms with Gasteiger partial charge in [-0.15, -0.1) is 0 Å². The third-order valence-electron chi connectivity index (χ3n) is 4.12. The molecule has 0 spiro atoms. The number of halogens is 2. The highest BCUT2D eigenvalue weighted by atomic mass is 35.5. The van der Waals surface area contributed by atoms with E-state index in [0.29, 0.717) is 22.7 Å². The summed E-state index contributed by atoms with van der Waals surface area (Å²) in [6.07, 6.45) is 2.73. The monoisotopic (exact) mass is 350 g/mol. The van der Waals surface area contributed by atoms with Crippen molar-refractivity contribution < 1.29 is 8.42 Å². The maximum Gasteiger partial charge on any atom is 0.242 e. The van der Waals surface area contributed by atoms with Crippen molar-refractivity contribution in [3.8, 4) is 0 Å². The molecule has 118 valence electrons. The Bertz CT molecular complexity index is 621. The first kappa shape index (κ1) is 17.0. The van der Waals surface area contributed by atoms with Gasteiger partial charge in [-0.25, -0.2) is 13.1 Å². The van der Waals surface area contributed by atoms with Crippen molar-refractivity contribution in [1.29, 1.82) is 0 Å². The van der Waals surface area contributed by atoms with Crippen LogP contribution in [0, 0.1) is 19.8 Å². The van der Waals surface area contributed by atoms with Gasteiger partial charge in [-0.05, 0) is 56.3 Å². The molecule has 7 heteroatoms. The Labute approximate surface area is 136 Å². The molecule has 4 nitrogen and oxygen atoms in total. The predicted octanol–water partition coefficient (Wildman–Crippen LogP) is 3.02. The van der Waals surface area contributed by atoms with Crippen LogP contribution in [0.15, 0.2) is 11.0 Å². The van der Waals surface area contributed by atoms with Gasteiger partial charge in [0.25, 0.3) is 0 Å². The number of sulfonamides is 1. The maximum atomic E-state index is 12.7. The molecule has 21 heavy (non-hydrogen) atoms. The fourth-order valence-corrected chi connectivity index (χ4v) is 5.42. The van der Waals surface area contributed by atoms with E-state index >= 15 is 0 Å². The molecule has 1 fully saturated rings. The van der Waals surface area contributed by atoms with Crippen molar-refractivity contribution >= 4 is 33.2 Å². The smallest absolute Gasteiger partial charge is 0.242 e. The van der Waals surface area contributed by atoms with Crippen LogP contribution >= 0.6 is 23.2 Å². The summed E-state index contributed by atoms with van der Waals surface area (Å²) >= 11 is 12.3. The first-order valence-electron chi connectivity index (χ1n) is 6.95. The second-order valence-corrected chi connectivity index (χ2v) is 8.03. The summed E-state index contributed by atoms with van der Waals surface area (Å²) in [5, 5.41) is 0.630. The van der Waals surface area contributed by atoms with Gasteiger partial charge in [0.15, 0.2) is 0 Å². The van der Waals surface area contributed by atoms with Crippen molar-refractivity contribution in [1.82, 2.24) is 4.72 Å². The molecule has 1 aliphatic carbocycles. The first-order valence-corrected chi connectivity index (χ1v) is 9.19. The van der Waals surface area contributed by atoms with Gasteiger partial charge in [-0.1, -0.05) is 29.6 Å². The molecule has 0 bridgehead atoms. The number of aryl methyl sites for hydroxylation is 1.